The van der Waals surface area contributed by atoms with Crippen molar-refractivity contribution in [1.82, 2.24) is 5.32 Å². The molecule has 0 aliphatic heterocycles. The van der Waals surface area contributed by atoms with E-state index in [2.05, 4.69) is 26.1 Å². The van der Waals surface area contributed by atoms with Crippen LogP contribution < -0.4 is 5.32 Å². The van der Waals surface area contributed by atoms with Gasteiger partial charge >= 0.3 is 0 Å². The molecular weight excluding hydrogens is 194 g/mol. The Bertz CT molecular complexity index is 165. The Morgan fingerprint density at radius 1 is 1.19 bits per heavy atom. The van der Waals surface area contributed by atoms with Crippen LogP contribution in [0.3, 0.4) is 0 Å². The number of hydrogen-bond donors (Lipinski definition) is 1. The lowest BCUT2D eigenvalue weighted by Crippen LogP contribution is -2.31. The lowest BCUT2D eigenvalue weighted by atomic mass is 9.99. The van der Waals surface area contributed by atoms with Crippen LogP contribution in [0.25, 0.3) is 0 Å². The Labute approximate surface area is 102 Å². The minimum atomic E-state index is 0.834. The lowest BCUT2D eigenvalue weighted by molar-refractivity contribution is 0.382. The number of unbranched alkanes of at least 4 members (excludes halogenated alkanes) is 1. The zero-order chi connectivity index (χ0) is 11.8. The number of nitrogens with one attached hydrogen (secondary N) is 1. The van der Waals surface area contributed by atoms with Crippen LogP contribution in [0.2, 0.25) is 0 Å². The van der Waals surface area contributed by atoms with Crippen molar-refractivity contribution >= 4 is 0 Å². The molecule has 0 saturated heterocycles. The van der Waals surface area contributed by atoms with Crippen LogP contribution in [-0.2, 0) is 0 Å². The summed E-state index contributed by atoms with van der Waals surface area (Å²) >= 11 is 0. The van der Waals surface area contributed by atoms with Gasteiger partial charge in [-0.1, -0.05) is 46.5 Å². The van der Waals surface area contributed by atoms with Crippen LogP contribution in [0.4, 0.5) is 0 Å². The quantitative estimate of drug-likeness (QED) is 0.647. The minimum absolute atomic E-state index is 0.834. The molecular formula is C15H31N. The lowest BCUT2D eigenvalue weighted by Gasteiger charge is -2.19. The zero-order valence-electron chi connectivity index (χ0n) is 11.6. The van der Waals surface area contributed by atoms with Crippen molar-refractivity contribution in [3.05, 3.63) is 0 Å². The maximum Gasteiger partial charge on any atom is 0.00699 e. The monoisotopic (exact) mass is 225 g/mol. The normalized spacial score (nSPS) is 27.2. The van der Waals surface area contributed by atoms with Crippen LogP contribution in [0.15, 0.2) is 0 Å². The van der Waals surface area contributed by atoms with Gasteiger partial charge in [0.15, 0.2) is 0 Å². The maximum absolute atomic E-state index is 3.81. The van der Waals surface area contributed by atoms with Gasteiger partial charge in [0.1, 0.15) is 0 Å². The Morgan fingerprint density at radius 2 is 2.00 bits per heavy atom. The van der Waals surface area contributed by atoms with E-state index in [-0.39, 0.29) is 0 Å². The third kappa shape index (κ3) is 4.86. The zero-order valence-corrected chi connectivity index (χ0v) is 11.6. The van der Waals surface area contributed by atoms with Crippen LogP contribution in [0, 0.1) is 11.8 Å². The van der Waals surface area contributed by atoms with E-state index in [0.717, 1.165) is 17.9 Å². The van der Waals surface area contributed by atoms with E-state index in [1.165, 1.54) is 57.9 Å². The minimum Gasteiger partial charge on any atom is -0.314 e. The molecule has 0 spiro atoms. The van der Waals surface area contributed by atoms with Crippen molar-refractivity contribution < 1.29 is 0 Å². The largest absolute Gasteiger partial charge is 0.314 e. The predicted molar refractivity (Wildman–Crippen MR) is 72.7 cm³/mol. The highest BCUT2D eigenvalue weighted by Crippen LogP contribution is 2.28. The van der Waals surface area contributed by atoms with Gasteiger partial charge in [0.25, 0.3) is 0 Å². The van der Waals surface area contributed by atoms with Crippen molar-refractivity contribution in [3.63, 3.8) is 0 Å². The second-order valence-electron chi connectivity index (χ2n) is 5.61. The first-order valence-corrected chi connectivity index (χ1v) is 7.53. The maximum atomic E-state index is 3.81. The second kappa shape index (κ2) is 8.11. The van der Waals surface area contributed by atoms with Crippen molar-refractivity contribution in [2.24, 2.45) is 11.8 Å². The molecule has 0 aromatic carbocycles. The topological polar surface area (TPSA) is 12.0 Å². The summed E-state index contributed by atoms with van der Waals surface area (Å²) in [6.45, 7) is 8.23. The summed E-state index contributed by atoms with van der Waals surface area (Å²) in [7, 11) is 0. The Morgan fingerprint density at radius 3 is 2.56 bits per heavy atom. The van der Waals surface area contributed by atoms with Crippen molar-refractivity contribution in [1.29, 1.82) is 0 Å². The predicted octanol–water partition coefficient (Wildman–Crippen LogP) is 4.37. The van der Waals surface area contributed by atoms with Crippen molar-refractivity contribution in [2.45, 2.75) is 78.2 Å². The summed E-state index contributed by atoms with van der Waals surface area (Å²) in [6.07, 6.45) is 11.2. The molecule has 1 nitrogen and oxygen atoms in total. The van der Waals surface area contributed by atoms with E-state index in [1.807, 2.05) is 0 Å². The smallest absolute Gasteiger partial charge is 0.00699 e. The molecule has 1 N–H and O–H groups in total. The molecule has 0 aromatic heterocycles. The molecule has 1 saturated carbocycles. The summed E-state index contributed by atoms with van der Waals surface area (Å²) in [5.41, 5.74) is 0. The van der Waals surface area contributed by atoms with Crippen LogP contribution in [-0.4, -0.2) is 12.6 Å². The molecule has 1 aliphatic rings. The average molecular weight is 225 g/mol. The molecule has 1 fully saturated rings. The molecule has 3 atom stereocenters. The van der Waals surface area contributed by atoms with Crippen LogP contribution in [0.1, 0.15) is 72.1 Å². The summed E-state index contributed by atoms with van der Waals surface area (Å²) in [6, 6.07) is 0.834. The molecule has 1 rings (SSSR count). The standard InChI is InChI=1S/C15H31N/c1-4-7-8-14(6-3)12-16-15-10-9-13(5-2)11-15/h13-16H,4-12H2,1-3H3. The van der Waals surface area contributed by atoms with E-state index in [9.17, 15) is 0 Å². The molecule has 3 unspecified atom stereocenters. The fourth-order valence-corrected chi connectivity index (χ4v) is 2.91. The number of hydrogen-bond acceptors (Lipinski definition) is 1. The second-order valence-corrected chi connectivity index (χ2v) is 5.61. The highest BCUT2D eigenvalue weighted by atomic mass is 14.9. The van der Waals surface area contributed by atoms with E-state index in [0.29, 0.717) is 0 Å². The van der Waals surface area contributed by atoms with Gasteiger partial charge < -0.3 is 5.32 Å². The fraction of sp³-hybridized carbons (Fsp3) is 1.00. The Hall–Kier alpha value is -0.0400. The highest BCUT2D eigenvalue weighted by molar-refractivity contribution is 4.80. The van der Waals surface area contributed by atoms with Gasteiger partial charge in [-0.25, -0.2) is 0 Å². The Balaban J connectivity index is 2.12. The van der Waals surface area contributed by atoms with Gasteiger partial charge in [-0.15, -0.1) is 0 Å². The van der Waals surface area contributed by atoms with Crippen LogP contribution in [0.5, 0.6) is 0 Å². The summed E-state index contributed by atoms with van der Waals surface area (Å²) in [5.74, 6) is 1.92. The number of rotatable bonds is 8. The molecule has 0 heterocycles. The van der Waals surface area contributed by atoms with Gasteiger partial charge in [0.2, 0.25) is 0 Å². The highest BCUT2D eigenvalue weighted by Gasteiger charge is 2.23. The fourth-order valence-electron chi connectivity index (χ4n) is 2.91. The van der Waals surface area contributed by atoms with E-state index in [4.69, 9.17) is 0 Å². The van der Waals surface area contributed by atoms with Crippen molar-refractivity contribution in [3.8, 4) is 0 Å². The summed E-state index contributed by atoms with van der Waals surface area (Å²) in [4.78, 5) is 0. The first-order chi connectivity index (χ1) is 7.80. The van der Waals surface area contributed by atoms with Gasteiger partial charge in [0, 0.05) is 6.04 Å². The van der Waals surface area contributed by atoms with Gasteiger partial charge in [-0.05, 0) is 44.1 Å². The van der Waals surface area contributed by atoms with E-state index >= 15 is 0 Å². The third-order valence-corrected chi connectivity index (χ3v) is 4.36. The van der Waals surface area contributed by atoms with E-state index in [1.54, 1.807) is 0 Å². The molecule has 0 aromatic rings. The first kappa shape index (κ1) is 14.0. The SMILES string of the molecule is CCCCC(CC)CNC1CCC(CC)C1. The average Bonchev–Trinajstić information content (AvgIpc) is 2.77. The van der Waals surface area contributed by atoms with Gasteiger partial charge in [-0.2, -0.15) is 0 Å². The molecule has 16 heavy (non-hydrogen) atoms. The van der Waals surface area contributed by atoms with Crippen LogP contribution >= 0.6 is 0 Å². The Kier molecular flexibility index (Phi) is 7.11. The van der Waals surface area contributed by atoms with E-state index < -0.39 is 0 Å². The van der Waals surface area contributed by atoms with Gasteiger partial charge in [-0.3, -0.25) is 0 Å². The molecule has 1 heteroatoms. The summed E-state index contributed by atoms with van der Waals surface area (Å²) in [5, 5.41) is 3.81. The first-order valence-electron chi connectivity index (χ1n) is 7.53. The molecule has 0 amide bonds. The third-order valence-electron chi connectivity index (χ3n) is 4.36. The molecule has 1 aliphatic carbocycles. The van der Waals surface area contributed by atoms with Gasteiger partial charge in [0.05, 0.1) is 0 Å². The molecule has 0 radical (unpaired) electrons. The molecule has 96 valence electrons. The van der Waals surface area contributed by atoms with Crippen molar-refractivity contribution in [2.75, 3.05) is 6.54 Å². The molecule has 0 bridgehead atoms. The summed E-state index contributed by atoms with van der Waals surface area (Å²) < 4.78 is 0.